The maximum Gasteiger partial charge on any atom is 0.292 e. The Morgan fingerprint density at radius 3 is 2.54 bits per heavy atom. The van der Waals surface area contributed by atoms with E-state index in [9.17, 15) is 0 Å². The molecule has 0 saturated heterocycles. The number of furan rings is 1. The first-order valence-electron chi connectivity index (χ1n) is 3.95. The van der Waals surface area contributed by atoms with Gasteiger partial charge in [0.2, 0.25) is 0 Å². The number of nitrogens with zero attached hydrogens (tertiary/aromatic N) is 1. The SMILES string of the molecule is Cc1cc(-c2cnc(N)o2)c(C)o1. The maximum absolute atomic E-state index is 5.36. The average molecular weight is 178 g/mol. The quantitative estimate of drug-likeness (QED) is 0.726. The Kier molecular flexibility index (Phi) is 1.62. The zero-order chi connectivity index (χ0) is 9.42. The molecule has 2 heterocycles. The van der Waals surface area contributed by atoms with Gasteiger partial charge in [0.15, 0.2) is 5.76 Å². The molecule has 2 rings (SSSR count). The molecule has 0 aromatic carbocycles. The highest BCUT2D eigenvalue weighted by atomic mass is 16.4. The number of hydrogen-bond acceptors (Lipinski definition) is 4. The molecule has 68 valence electrons. The number of nitrogen functional groups attached to an aromatic ring is 1. The number of aromatic nitrogens is 1. The number of hydrogen-bond donors (Lipinski definition) is 1. The fourth-order valence-corrected chi connectivity index (χ4v) is 1.29. The van der Waals surface area contributed by atoms with Crippen LogP contribution in [0.1, 0.15) is 11.5 Å². The molecule has 4 heteroatoms. The van der Waals surface area contributed by atoms with Gasteiger partial charge in [-0.15, -0.1) is 0 Å². The van der Waals surface area contributed by atoms with Crippen molar-refractivity contribution in [1.29, 1.82) is 0 Å². The van der Waals surface area contributed by atoms with Gasteiger partial charge in [0.05, 0.1) is 11.8 Å². The van der Waals surface area contributed by atoms with Gasteiger partial charge in [0, 0.05) is 0 Å². The molecule has 0 fully saturated rings. The van der Waals surface area contributed by atoms with Gasteiger partial charge >= 0.3 is 0 Å². The third-order valence-electron chi connectivity index (χ3n) is 1.83. The molecule has 0 radical (unpaired) electrons. The molecule has 0 atom stereocenters. The summed E-state index contributed by atoms with van der Waals surface area (Å²) >= 11 is 0. The zero-order valence-electron chi connectivity index (χ0n) is 7.50. The Balaban J connectivity index is 2.51. The molecule has 2 aromatic rings. The van der Waals surface area contributed by atoms with Gasteiger partial charge in [-0.3, -0.25) is 0 Å². The van der Waals surface area contributed by atoms with Gasteiger partial charge < -0.3 is 14.6 Å². The summed E-state index contributed by atoms with van der Waals surface area (Å²) in [6, 6.07) is 2.07. The van der Waals surface area contributed by atoms with Gasteiger partial charge in [-0.2, -0.15) is 0 Å². The largest absolute Gasteiger partial charge is 0.466 e. The number of aryl methyl sites for hydroxylation is 2. The number of oxazole rings is 1. The van der Waals surface area contributed by atoms with Crippen LogP contribution in [0, 0.1) is 13.8 Å². The normalized spacial score (nSPS) is 10.6. The highest BCUT2D eigenvalue weighted by Gasteiger charge is 2.10. The summed E-state index contributed by atoms with van der Waals surface area (Å²) in [5, 5.41) is 0. The van der Waals surface area contributed by atoms with E-state index in [0.29, 0.717) is 5.76 Å². The minimum absolute atomic E-state index is 0.174. The van der Waals surface area contributed by atoms with Crippen LogP contribution in [0.15, 0.2) is 21.1 Å². The van der Waals surface area contributed by atoms with E-state index in [1.54, 1.807) is 6.20 Å². The van der Waals surface area contributed by atoms with E-state index in [2.05, 4.69) is 4.98 Å². The minimum atomic E-state index is 0.174. The van der Waals surface area contributed by atoms with Crippen LogP contribution in [0.3, 0.4) is 0 Å². The van der Waals surface area contributed by atoms with Gasteiger partial charge in [-0.05, 0) is 19.9 Å². The summed E-state index contributed by atoms with van der Waals surface area (Å²) in [5.41, 5.74) is 6.27. The molecule has 2 aromatic heterocycles. The average Bonchev–Trinajstić information content (AvgIpc) is 2.58. The molecule has 2 N–H and O–H groups in total. The second kappa shape index (κ2) is 2.65. The van der Waals surface area contributed by atoms with E-state index in [1.165, 1.54) is 0 Å². The van der Waals surface area contributed by atoms with Crippen LogP contribution in [0.2, 0.25) is 0 Å². The van der Waals surface area contributed by atoms with Gasteiger partial charge in [0.25, 0.3) is 6.01 Å². The number of rotatable bonds is 1. The van der Waals surface area contributed by atoms with Crippen molar-refractivity contribution in [2.45, 2.75) is 13.8 Å². The second-order valence-corrected chi connectivity index (χ2v) is 2.89. The Morgan fingerprint density at radius 1 is 1.31 bits per heavy atom. The third-order valence-corrected chi connectivity index (χ3v) is 1.83. The lowest BCUT2D eigenvalue weighted by Crippen LogP contribution is -1.79. The van der Waals surface area contributed by atoms with Crippen LogP contribution < -0.4 is 5.73 Å². The minimum Gasteiger partial charge on any atom is -0.466 e. The van der Waals surface area contributed by atoms with Gasteiger partial charge in [-0.1, -0.05) is 0 Å². The van der Waals surface area contributed by atoms with Crippen molar-refractivity contribution in [1.82, 2.24) is 4.98 Å². The molecule has 0 bridgehead atoms. The van der Waals surface area contributed by atoms with E-state index in [0.717, 1.165) is 17.1 Å². The van der Waals surface area contributed by atoms with Crippen molar-refractivity contribution in [2.75, 3.05) is 5.73 Å². The van der Waals surface area contributed by atoms with E-state index < -0.39 is 0 Å². The van der Waals surface area contributed by atoms with Crippen LogP contribution in [0.5, 0.6) is 0 Å². The van der Waals surface area contributed by atoms with Gasteiger partial charge in [0.1, 0.15) is 11.5 Å². The molecule has 13 heavy (non-hydrogen) atoms. The summed E-state index contributed by atoms with van der Waals surface area (Å²) in [6.45, 7) is 3.76. The van der Waals surface area contributed by atoms with E-state index in [-0.39, 0.29) is 6.01 Å². The lowest BCUT2D eigenvalue weighted by atomic mass is 10.2. The summed E-state index contributed by atoms with van der Waals surface area (Å²) in [6.07, 6.45) is 1.59. The molecule has 4 nitrogen and oxygen atoms in total. The van der Waals surface area contributed by atoms with Crippen LogP contribution in [0.4, 0.5) is 6.01 Å². The molecule has 0 spiro atoms. The monoisotopic (exact) mass is 178 g/mol. The molecular weight excluding hydrogens is 168 g/mol. The van der Waals surface area contributed by atoms with Crippen LogP contribution >= 0.6 is 0 Å². The first-order valence-corrected chi connectivity index (χ1v) is 3.95. The summed E-state index contributed by atoms with van der Waals surface area (Å²) in [7, 11) is 0. The number of anilines is 1. The van der Waals surface area contributed by atoms with Crippen molar-refractivity contribution in [3.63, 3.8) is 0 Å². The lowest BCUT2D eigenvalue weighted by molar-refractivity contribution is 0.503. The highest BCUT2D eigenvalue weighted by Crippen LogP contribution is 2.27. The first kappa shape index (κ1) is 7.91. The van der Waals surface area contributed by atoms with E-state index in [4.69, 9.17) is 14.6 Å². The van der Waals surface area contributed by atoms with Crippen molar-refractivity contribution >= 4 is 6.01 Å². The fourth-order valence-electron chi connectivity index (χ4n) is 1.29. The Bertz CT molecular complexity index is 429. The molecule has 0 aliphatic rings. The van der Waals surface area contributed by atoms with Crippen molar-refractivity contribution in [3.05, 3.63) is 23.8 Å². The molecular formula is C9H10N2O2. The van der Waals surface area contributed by atoms with Crippen LogP contribution in [-0.4, -0.2) is 4.98 Å². The topological polar surface area (TPSA) is 65.2 Å². The molecule has 0 aliphatic heterocycles. The second-order valence-electron chi connectivity index (χ2n) is 2.89. The number of nitrogens with two attached hydrogens (primary N) is 1. The third kappa shape index (κ3) is 1.30. The van der Waals surface area contributed by atoms with Crippen molar-refractivity contribution in [3.8, 4) is 11.3 Å². The Labute approximate surface area is 75.4 Å². The lowest BCUT2D eigenvalue weighted by Gasteiger charge is -1.89. The Hall–Kier alpha value is -1.71. The maximum atomic E-state index is 5.36. The Morgan fingerprint density at radius 2 is 2.08 bits per heavy atom. The standard InChI is InChI=1S/C9H10N2O2/c1-5-3-7(6(2)12-5)8-4-11-9(10)13-8/h3-4H,1-2H3,(H2,10,11). The summed E-state index contributed by atoms with van der Waals surface area (Å²) in [4.78, 5) is 3.81. The van der Waals surface area contributed by atoms with E-state index in [1.807, 2.05) is 19.9 Å². The zero-order valence-corrected chi connectivity index (χ0v) is 7.50. The van der Waals surface area contributed by atoms with E-state index >= 15 is 0 Å². The molecule has 0 amide bonds. The predicted molar refractivity (Wildman–Crippen MR) is 48.1 cm³/mol. The van der Waals surface area contributed by atoms with Crippen molar-refractivity contribution in [2.24, 2.45) is 0 Å². The summed E-state index contributed by atoms with van der Waals surface area (Å²) in [5.74, 6) is 2.31. The molecule has 0 aliphatic carbocycles. The van der Waals surface area contributed by atoms with Gasteiger partial charge in [-0.25, -0.2) is 4.98 Å². The fraction of sp³-hybridized carbons (Fsp3) is 0.222. The van der Waals surface area contributed by atoms with Crippen LogP contribution in [0.25, 0.3) is 11.3 Å². The highest BCUT2D eigenvalue weighted by molar-refractivity contribution is 5.60. The first-order chi connectivity index (χ1) is 6.16. The smallest absolute Gasteiger partial charge is 0.292 e. The van der Waals surface area contributed by atoms with Crippen LogP contribution in [-0.2, 0) is 0 Å². The van der Waals surface area contributed by atoms with Crippen molar-refractivity contribution < 1.29 is 8.83 Å². The molecule has 0 saturated carbocycles. The summed E-state index contributed by atoms with van der Waals surface area (Å²) < 4.78 is 10.5. The predicted octanol–water partition coefficient (Wildman–Crippen LogP) is 2.13. The molecule has 0 unspecified atom stereocenters.